The molecule has 0 spiro atoms. The minimum Gasteiger partial charge on any atom is -0.508 e. The van der Waals surface area contributed by atoms with Gasteiger partial charge in [-0.2, -0.15) is 9.97 Å². The van der Waals surface area contributed by atoms with Crippen LogP contribution in [0.25, 0.3) is 32.9 Å². The summed E-state index contributed by atoms with van der Waals surface area (Å²) in [5.74, 6) is -0.566. The zero-order chi connectivity index (χ0) is 32.9. The predicted molar refractivity (Wildman–Crippen MR) is 175 cm³/mol. The van der Waals surface area contributed by atoms with Crippen molar-refractivity contribution in [3.05, 3.63) is 53.4 Å². The van der Waals surface area contributed by atoms with Crippen LogP contribution in [0.15, 0.2) is 36.2 Å². The number of phenols is 1. The van der Waals surface area contributed by atoms with Gasteiger partial charge in [-0.15, -0.1) is 0 Å². The molecule has 2 N–H and O–H groups in total. The van der Waals surface area contributed by atoms with Gasteiger partial charge in [-0.1, -0.05) is 13.0 Å². The second kappa shape index (κ2) is 10.9. The fourth-order valence-corrected chi connectivity index (χ4v) is 9.22. The van der Waals surface area contributed by atoms with Gasteiger partial charge < -0.3 is 24.8 Å². The Morgan fingerprint density at radius 1 is 1.17 bits per heavy atom. The Morgan fingerprint density at radius 3 is 2.88 bits per heavy atom. The van der Waals surface area contributed by atoms with Gasteiger partial charge in [-0.05, 0) is 92.1 Å². The maximum absolute atomic E-state index is 17.2. The number of aromatic hydroxyl groups is 1. The van der Waals surface area contributed by atoms with Crippen LogP contribution in [0.1, 0.15) is 51.5 Å². The minimum absolute atomic E-state index is 0.0174. The minimum atomic E-state index is -0.738. The molecule has 4 aromatic rings. The SMILES string of the molecule is CCc1c(F)ccc2cc(O)cc(-c3nc4c5c(nc(OCC67CCCN6CC(=CF)C7)nc5c3F)N3C[C@H]5CC[C@H](N5)[C@H]3[C@H](C)O4)c12. The molecule has 4 saturated heterocycles. The molecule has 5 atom stereocenters. The number of hydrogen-bond donors (Lipinski definition) is 2. The third kappa shape index (κ3) is 4.41. The van der Waals surface area contributed by atoms with Crippen LogP contribution in [0.5, 0.6) is 17.6 Å². The number of rotatable bonds is 5. The zero-order valence-corrected chi connectivity index (χ0v) is 26.9. The van der Waals surface area contributed by atoms with E-state index in [0.29, 0.717) is 59.8 Å². The lowest BCUT2D eigenvalue weighted by atomic mass is 9.94. The first-order valence-corrected chi connectivity index (χ1v) is 17.0. The van der Waals surface area contributed by atoms with E-state index in [0.717, 1.165) is 37.8 Å². The molecular weight excluding hydrogens is 621 g/mol. The number of ether oxygens (including phenoxy) is 2. The molecule has 0 aliphatic carbocycles. The van der Waals surface area contributed by atoms with Gasteiger partial charge in [0.25, 0.3) is 0 Å². The summed E-state index contributed by atoms with van der Waals surface area (Å²) < 4.78 is 58.9. The maximum Gasteiger partial charge on any atom is 0.319 e. The molecule has 0 radical (unpaired) electrons. The Morgan fingerprint density at radius 2 is 2.04 bits per heavy atom. The molecule has 9 rings (SSSR count). The second-order valence-corrected chi connectivity index (χ2v) is 14.1. The van der Waals surface area contributed by atoms with E-state index in [2.05, 4.69) is 20.1 Å². The quantitative estimate of drug-likeness (QED) is 0.270. The molecule has 12 heteroatoms. The van der Waals surface area contributed by atoms with E-state index in [9.17, 15) is 9.50 Å². The van der Waals surface area contributed by atoms with E-state index in [1.165, 1.54) is 18.2 Å². The third-order valence-electron chi connectivity index (χ3n) is 11.3. The molecule has 4 fully saturated rings. The summed E-state index contributed by atoms with van der Waals surface area (Å²) in [7, 11) is 0. The van der Waals surface area contributed by atoms with Crippen molar-refractivity contribution >= 4 is 27.5 Å². The molecular formula is C36H37F3N6O3. The van der Waals surface area contributed by atoms with E-state index >= 15 is 8.78 Å². The van der Waals surface area contributed by atoms with Crippen molar-refractivity contribution in [2.45, 2.75) is 82.1 Å². The molecule has 5 aliphatic rings. The standard InChI is InChI=1S/C36H37F3N6O3/c1-3-23-25(38)7-5-20-11-22(46)12-24(27(20)23)30-29(39)31-28-33(45-16-21-6-8-26(40-21)32(45)18(2)48-34(28)41-30)43-35(42-31)47-17-36-9-4-10-44(36)15-19(13-36)14-37/h5,7,11-12,14,18,21,26,32,40,46H,3-4,6,8-10,13,15-17H2,1-2H3/t18-,21+,26-,32+,36?/m0/s1. The molecule has 48 heavy (non-hydrogen) atoms. The summed E-state index contributed by atoms with van der Waals surface area (Å²) in [4.78, 5) is 18.9. The maximum atomic E-state index is 17.2. The molecule has 2 bridgehead atoms. The fraction of sp³-hybridized carbons (Fsp3) is 0.472. The molecule has 250 valence electrons. The number of nitrogens with one attached hydrogen (secondary N) is 1. The average molecular weight is 659 g/mol. The largest absolute Gasteiger partial charge is 0.508 e. The van der Waals surface area contributed by atoms with Gasteiger partial charge in [-0.25, -0.2) is 18.2 Å². The Labute approximate surface area is 275 Å². The fourth-order valence-electron chi connectivity index (χ4n) is 9.22. The summed E-state index contributed by atoms with van der Waals surface area (Å²) in [6.45, 7) is 6.14. The van der Waals surface area contributed by atoms with E-state index in [-0.39, 0.29) is 70.8 Å². The molecule has 2 aromatic heterocycles. The van der Waals surface area contributed by atoms with E-state index in [4.69, 9.17) is 19.4 Å². The Balaban J connectivity index is 1.25. The van der Waals surface area contributed by atoms with Gasteiger partial charge in [0.1, 0.15) is 46.7 Å². The first-order valence-electron chi connectivity index (χ1n) is 17.0. The number of aromatic nitrogens is 3. The van der Waals surface area contributed by atoms with Crippen molar-refractivity contribution in [1.82, 2.24) is 25.2 Å². The summed E-state index contributed by atoms with van der Waals surface area (Å²) >= 11 is 0. The van der Waals surface area contributed by atoms with Gasteiger partial charge in [0.2, 0.25) is 5.88 Å². The molecule has 1 unspecified atom stereocenters. The number of halogens is 3. The highest BCUT2D eigenvalue weighted by Gasteiger charge is 2.49. The highest BCUT2D eigenvalue weighted by atomic mass is 19.1. The Hall–Kier alpha value is -4.16. The normalized spacial score (nSPS) is 28.6. The highest BCUT2D eigenvalue weighted by molar-refractivity contribution is 6.03. The van der Waals surface area contributed by atoms with Gasteiger partial charge >= 0.3 is 6.01 Å². The molecule has 2 aromatic carbocycles. The highest BCUT2D eigenvalue weighted by Crippen LogP contribution is 2.47. The second-order valence-electron chi connectivity index (χ2n) is 14.1. The van der Waals surface area contributed by atoms with Crippen LogP contribution in [-0.4, -0.2) is 81.0 Å². The third-order valence-corrected chi connectivity index (χ3v) is 11.3. The van der Waals surface area contributed by atoms with Crippen LogP contribution in [0.2, 0.25) is 0 Å². The lowest BCUT2D eigenvalue weighted by molar-refractivity contribution is 0.108. The molecule has 7 heterocycles. The van der Waals surface area contributed by atoms with Crippen molar-refractivity contribution in [2.24, 2.45) is 0 Å². The van der Waals surface area contributed by atoms with Crippen molar-refractivity contribution in [3.8, 4) is 28.9 Å². The molecule has 0 saturated carbocycles. The topological polar surface area (TPSA) is 95.9 Å². The number of fused-ring (bicyclic) bond motifs is 7. The van der Waals surface area contributed by atoms with Crippen LogP contribution in [-0.2, 0) is 6.42 Å². The number of piperazine rings is 1. The van der Waals surface area contributed by atoms with Gasteiger partial charge in [0.05, 0.1) is 17.9 Å². The summed E-state index contributed by atoms with van der Waals surface area (Å²) in [5.41, 5.74) is 0.894. The summed E-state index contributed by atoms with van der Waals surface area (Å²) in [5, 5.41) is 15.8. The van der Waals surface area contributed by atoms with E-state index < -0.39 is 11.6 Å². The van der Waals surface area contributed by atoms with Gasteiger partial charge in [0, 0.05) is 30.7 Å². The van der Waals surface area contributed by atoms with Crippen LogP contribution < -0.4 is 19.7 Å². The predicted octanol–water partition coefficient (Wildman–Crippen LogP) is 5.95. The lowest BCUT2D eigenvalue weighted by Gasteiger charge is -2.42. The molecule has 5 aliphatic heterocycles. The first kappa shape index (κ1) is 29.9. The van der Waals surface area contributed by atoms with Crippen molar-refractivity contribution in [1.29, 1.82) is 0 Å². The summed E-state index contributed by atoms with van der Waals surface area (Å²) in [6.07, 6.45) is 5.11. The Bertz CT molecular complexity index is 2030. The monoisotopic (exact) mass is 658 g/mol. The van der Waals surface area contributed by atoms with Gasteiger partial charge in [0.15, 0.2) is 5.82 Å². The number of nitrogens with zero attached hydrogens (tertiary/aromatic N) is 5. The van der Waals surface area contributed by atoms with E-state index in [1.807, 2.05) is 13.8 Å². The molecule has 0 amide bonds. The number of aryl methyl sites for hydroxylation is 1. The van der Waals surface area contributed by atoms with Crippen LogP contribution in [0.4, 0.5) is 19.0 Å². The smallest absolute Gasteiger partial charge is 0.319 e. The number of pyridine rings is 1. The summed E-state index contributed by atoms with van der Waals surface area (Å²) in [6, 6.07) is 6.21. The number of anilines is 1. The van der Waals surface area contributed by atoms with Crippen LogP contribution in [0, 0.1) is 11.6 Å². The van der Waals surface area contributed by atoms with Crippen molar-refractivity contribution in [3.63, 3.8) is 0 Å². The van der Waals surface area contributed by atoms with Crippen molar-refractivity contribution in [2.75, 3.05) is 31.1 Å². The van der Waals surface area contributed by atoms with Crippen LogP contribution >= 0.6 is 0 Å². The molecule has 9 nitrogen and oxygen atoms in total. The van der Waals surface area contributed by atoms with Gasteiger partial charge in [-0.3, -0.25) is 4.90 Å². The first-order chi connectivity index (χ1) is 23.3. The lowest BCUT2D eigenvalue weighted by Crippen LogP contribution is -2.62. The Kier molecular flexibility index (Phi) is 6.82. The zero-order valence-electron chi connectivity index (χ0n) is 26.9. The number of benzene rings is 2. The number of phenolic OH excluding ortho intramolecular Hbond substituents is 1. The van der Waals surface area contributed by atoms with E-state index in [1.54, 1.807) is 6.07 Å². The number of hydrogen-bond acceptors (Lipinski definition) is 9. The van der Waals surface area contributed by atoms with Crippen LogP contribution in [0.3, 0.4) is 0 Å². The average Bonchev–Trinajstić information content (AvgIpc) is 3.74. The van der Waals surface area contributed by atoms with Crippen molar-refractivity contribution < 1.29 is 27.8 Å².